The van der Waals surface area contributed by atoms with Gasteiger partial charge in [-0.1, -0.05) is 12.2 Å². The Balaban J connectivity index is 2.45. The van der Waals surface area contributed by atoms with E-state index in [2.05, 4.69) is 5.32 Å². The van der Waals surface area contributed by atoms with E-state index in [-0.39, 0.29) is 12.3 Å². The van der Waals surface area contributed by atoms with Gasteiger partial charge >= 0.3 is 0 Å². The molecule has 3 heteroatoms. The van der Waals surface area contributed by atoms with E-state index in [1.807, 2.05) is 24.4 Å². The Bertz CT molecular complexity index is 161. The van der Waals surface area contributed by atoms with Gasteiger partial charge in [0.1, 0.15) is 0 Å². The van der Waals surface area contributed by atoms with Gasteiger partial charge in [0.25, 0.3) is 0 Å². The minimum atomic E-state index is -0.212. The molecule has 1 aliphatic rings. The third-order valence-corrected chi connectivity index (χ3v) is 1.57. The molecule has 1 unspecified atom stereocenters. The van der Waals surface area contributed by atoms with Crippen LogP contribution in [0.4, 0.5) is 0 Å². The van der Waals surface area contributed by atoms with Crippen molar-refractivity contribution in [1.29, 1.82) is 0 Å². The molecule has 0 aromatic heterocycles. The second-order valence-corrected chi connectivity index (χ2v) is 2.28. The van der Waals surface area contributed by atoms with Crippen LogP contribution in [0.3, 0.4) is 0 Å². The standard InChI is InChI=1S/C8H13NO2/c1-10-8(11-2)7-5-3-4-6-9-7/h3-9H,1-2H3. The molecule has 0 aromatic rings. The van der Waals surface area contributed by atoms with Gasteiger partial charge < -0.3 is 14.8 Å². The van der Waals surface area contributed by atoms with E-state index in [1.165, 1.54) is 0 Å². The smallest absolute Gasteiger partial charge is 0.180 e. The van der Waals surface area contributed by atoms with Gasteiger partial charge in [0.2, 0.25) is 0 Å². The zero-order chi connectivity index (χ0) is 8.10. The second-order valence-electron chi connectivity index (χ2n) is 2.28. The second kappa shape index (κ2) is 4.16. The summed E-state index contributed by atoms with van der Waals surface area (Å²) in [5, 5.41) is 3.10. The third-order valence-electron chi connectivity index (χ3n) is 1.57. The SMILES string of the molecule is COC(OC)C1C=CC=CN1. The van der Waals surface area contributed by atoms with Crippen LogP contribution in [0.1, 0.15) is 0 Å². The van der Waals surface area contributed by atoms with Gasteiger partial charge in [-0.2, -0.15) is 0 Å². The molecule has 0 amide bonds. The summed E-state index contributed by atoms with van der Waals surface area (Å²) in [6.45, 7) is 0. The van der Waals surface area contributed by atoms with Gasteiger partial charge in [0, 0.05) is 14.2 Å². The third kappa shape index (κ3) is 2.06. The first-order valence-electron chi connectivity index (χ1n) is 3.53. The van der Waals surface area contributed by atoms with Crippen molar-refractivity contribution in [3.8, 4) is 0 Å². The highest BCUT2D eigenvalue weighted by Gasteiger charge is 2.16. The van der Waals surface area contributed by atoms with Gasteiger partial charge in [-0.25, -0.2) is 0 Å². The molecule has 62 valence electrons. The van der Waals surface area contributed by atoms with Crippen molar-refractivity contribution >= 4 is 0 Å². The van der Waals surface area contributed by atoms with E-state index >= 15 is 0 Å². The highest BCUT2D eigenvalue weighted by Crippen LogP contribution is 2.04. The van der Waals surface area contributed by atoms with E-state index in [1.54, 1.807) is 14.2 Å². The van der Waals surface area contributed by atoms with Gasteiger partial charge in [-0.3, -0.25) is 0 Å². The summed E-state index contributed by atoms with van der Waals surface area (Å²) in [4.78, 5) is 0. The van der Waals surface area contributed by atoms with Crippen molar-refractivity contribution in [2.75, 3.05) is 14.2 Å². The van der Waals surface area contributed by atoms with Crippen molar-refractivity contribution in [2.24, 2.45) is 0 Å². The zero-order valence-corrected chi connectivity index (χ0v) is 6.78. The molecule has 0 aliphatic carbocycles. The largest absolute Gasteiger partial charge is 0.380 e. The van der Waals surface area contributed by atoms with Crippen LogP contribution < -0.4 is 5.32 Å². The molecule has 0 bridgehead atoms. The van der Waals surface area contributed by atoms with Crippen LogP contribution in [-0.4, -0.2) is 26.6 Å². The molecule has 1 atom stereocenters. The lowest BCUT2D eigenvalue weighted by Gasteiger charge is -2.23. The first-order valence-corrected chi connectivity index (χ1v) is 3.53. The molecular formula is C8H13NO2. The van der Waals surface area contributed by atoms with Crippen LogP contribution in [0.5, 0.6) is 0 Å². The maximum absolute atomic E-state index is 5.07. The lowest BCUT2D eigenvalue weighted by atomic mass is 10.2. The summed E-state index contributed by atoms with van der Waals surface area (Å²) in [7, 11) is 3.25. The fraction of sp³-hybridized carbons (Fsp3) is 0.500. The monoisotopic (exact) mass is 155 g/mol. The number of allylic oxidation sites excluding steroid dienone is 2. The number of methoxy groups -OCH3 is 2. The van der Waals surface area contributed by atoms with Crippen LogP contribution in [0.2, 0.25) is 0 Å². The molecule has 1 rings (SSSR count). The topological polar surface area (TPSA) is 30.5 Å². The van der Waals surface area contributed by atoms with Crippen LogP contribution in [0.25, 0.3) is 0 Å². The molecule has 0 saturated carbocycles. The molecular weight excluding hydrogens is 142 g/mol. The Morgan fingerprint density at radius 1 is 1.27 bits per heavy atom. The number of dihydropyridines is 1. The molecule has 1 aliphatic heterocycles. The highest BCUT2D eigenvalue weighted by atomic mass is 16.7. The predicted molar refractivity (Wildman–Crippen MR) is 43.0 cm³/mol. The van der Waals surface area contributed by atoms with Crippen LogP contribution in [-0.2, 0) is 9.47 Å². The molecule has 0 spiro atoms. The van der Waals surface area contributed by atoms with Crippen LogP contribution in [0.15, 0.2) is 24.4 Å². The van der Waals surface area contributed by atoms with Crippen LogP contribution >= 0.6 is 0 Å². The van der Waals surface area contributed by atoms with Crippen molar-refractivity contribution in [2.45, 2.75) is 12.3 Å². The fourth-order valence-corrected chi connectivity index (χ4v) is 1.02. The summed E-state index contributed by atoms with van der Waals surface area (Å²) in [5.41, 5.74) is 0. The summed E-state index contributed by atoms with van der Waals surface area (Å²) in [5.74, 6) is 0. The summed E-state index contributed by atoms with van der Waals surface area (Å²) in [6, 6.07) is 0.120. The van der Waals surface area contributed by atoms with Gasteiger partial charge in [-0.05, 0) is 12.3 Å². The number of hydrogen-bond donors (Lipinski definition) is 1. The van der Waals surface area contributed by atoms with Gasteiger partial charge in [0.15, 0.2) is 6.29 Å². The molecule has 11 heavy (non-hydrogen) atoms. The summed E-state index contributed by atoms with van der Waals surface area (Å²) < 4.78 is 10.1. The Morgan fingerprint density at radius 3 is 2.45 bits per heavy atom. The van der Waals surface area contributed by atoms with Crippen molar-refractivity contribution in [1.82, 2.24) is 5.32 Å². The predicted octanol–water partition coefficient (Wildman–Crippen LogP) is 0.647. The average molecular weight is 155 g/mol. The normalized spacial score (nSPS) is 22.3. The minimum absolute atomic E-state index is 0.120. The van der Waals surface area contributed by atoms with Gasteiger partial charge in [-0.15, -0.1) is 0 Å². The molecule has 0 aromatic carbocycles. The van der Waals surface area contributed by atoms with Crippen molar-refractivity contribution < 1.29 is 9.47 Å². The van der Waals surface area contributed by atoms with E-state index < -0.39 is 0 Å². The molecule has 0 saturated heterocycles. The van der Waals surface area contributed by atoms with E-state index in [0.717, 1.165) is 0 Å². The Morgan fingerprint density at radius 2 is 2.00 bits per heavy atom. The zero-order valence-electron chi connectivity index (χ0n) is 6.78. The number of ether oxygens (including phenoxy) is 2. The Labute approximate surface area is 66.7 Å². The maximum atomic E-state index is 5.07. The quantitative estimate of drug-likeness (QED) is 0.607. The van der Waals surface area contributed by atoms with E-state index in [9.17, 15) is 0 Å². The molecule has 3 nitrogen and oxygen atoms in total. The summed E-state index contributed by atoms with van der Waals surface area (Å²) >= 11 is 0. The first-order chi connectivity index (χ1) is 5.38. The Kier molecular flexibility index (Phi) is 3.14. The van der Waals surface area contributed by atoms with Gasteiger partial charge in [0.05, 0.1) is 6.04 Å². The number of rotatable bonds is 3. The number of hydrogen-bond acceptors (Lipinski definition) is 3. The van der Waals surface area contributed by atoms with Crippen molar-refractivity contribution in [3.63, 3.8) is 0 Å². The molecule has 0 radical (unpaired) electrons. The highest BCUT2D eigenvalue weighted by molar-refractivity contribution is 5.12. The maximum Gasteiger partial charge on any atom is 0.180 e. The van der Waals surface area contributed by atoms with E-state index in [0.29, 0.717) is 0 Å². The number of nitrogens with one attached hydrogen (secondary N) is 1. The molecule has 1 N–H and O–H groups in total. The first kappa shape index (κ1) is 8.30. The van der Waals surface area contributed by atoms with Crippen LogP contribution in [0, 0.1) is 0 Å². The fourth-order valence-electron chi connectivity index (χ4n) is 1.02. The minimum Gasteiger partial charge on any atom is -0.380 e. The average Bonchev–Trinajstić information content (AvgIpc) is 2.09. The Hall–Kier alpha value is -0.800. The van der Waals surface area contributed by atoms with E-state index in [4.69, 9.17) is 9.47 Å². The van der Waals surface area contributed by atoms with Crippen molar-refractivity contribution in [3.05, 3.63) is 24.4 Å². The lowest BCUT2D eigenvalue weighted by Crippen LogP contribution is -2.38. The molecule has 1 heterocycles. The molecule has 0 fully saturated rings. The lowest BCUT2D eigenvalue weighted by molar-refractivity contribution is -0.112. The summed E-state index contributed by atoms with van der Waals surface area (Å²) in [6.07, 6.45) is 7.55.